The SMILES string of the molecule is Cn1c(C2CN(C(=O)OC(C)(C)C)CCC23CC=CCC3)c(-c2ncccn2)c2c(N)ncnc21. The van der Waals surface area contributed by atoms with Crippen molar-refractivity contribution in [3.05, 3.63) is 42.6 Å². The van der Waals surface area contributed by atoms with E-state index in [0.717, 1.165) is 48.0 Å². The summed E-state index contributed by atoms with van der Waals surface area (Å²) in [6, 6.07) is 1.80. The number of fused-ring (bicyclic) bond motifs is 1. The lowest BCUT2D eigenvalue weighted by atomic mass is 9.62. The second-order valence-electron chi connectivity index (χ2n) is 10.7. The molecule has 2 atom stereocenters. The van der Waals surface area contributed by atoms with Crippen LogP contribution in [-0.2, 0) is 11.8 Å². The van der Waals surface area contributed by atoms with Crippen molar-refractivity contribution >= 4 is 22.9 Å². The van der Waals surface area contributed by atoms with Crippen LogP contribution < -0.4 is 5.73 Å². The number of carbonyl (C=O) groups is 1. The van der Waals surface area contributed by atoms with E-state index in [-0.39, 0.29) is 17.4 Å². The van der Waals surface area contributed by atoms with Crippen LogP contribution in [0.2, 0.25) is 0 Å². The normalized spacial score (nSPS) is 22.6. The summed E-state index contributed by atoms with van der Waals surface area (Å²) in [6.45, 7) is 6.91. The highest BCUT2D eigenvalue weighted by Gasteiger charge is 2.47. The molecule has 1 fully saturated rings. The minimum atomic E-state index is -0.554. The zero-order valence-corrected chi connectivity index (χ0v) is 20.9. The van der Waals surface area contributed by atoms with E-state index >= 15 is 0 Å². The minimum Gasteiger partial charge on any atom is -0.444 e. The Balaban J connectivity index is 1.70. The fraction of sp³-hybridized carbons (Fsp3) is 0.500. The Labute approximate surface area is 205 Å². The van der Waals surface area contributed by atoms with E-state index in [1.165, 1.54) is 6.33 Å². The number of piperidine rings is 1. The van der Waals surface area contributed by atoms with Crippen LogP contribution in [-0.4, -0.2) is 54.2 Å². The van der Waals surface area contributed by atoms with Gasteiger partial charge in [0.25, 0.3) is 0 Å². The molecule has 2 unspecified atom stereocenters. The van der Waals surface area contributed by atoms with Gasteiger partial charge in [-0.05, 0) is 57.9 Å². The summed E-state index contributed by atoms with van der Waals surface area (Å²) in [6.07, 6.45) is 13.1. The maximum atomic E-state index is 13.1. The molecule has 9 nitrogen and oxygen atoms in total. The van der Waals surface area contributed by atoms with Crippen LogP contribution in [0.15, 0.2) is 36.9 Å². The molecule has 1 aliphatic heterocycles. The molecule has 0 saturated carbocycles. The first-order valence-corrected chi connectivity index (χ1v) is 12.2. The molecule has 0 radical (unpaired) electrons. The first-order valence-electron chi connectivity index (χ1n) is 12.2. The van der Waals surface area contributed by atoms with Crippen molar-refractivity contribution in [2.75, 3.05) is 18.8 Å². The number of anilines is 1. The number of rotatable bonds is 2. The molecule has 5 rings (SSSR count). The summed E-state index contributed by atoms with van der Waals surface area (Å²) in [5.74, 6) is 1.01. The fourth-order valence-corrected chi connectivity index (χ4v) is 5.71. The molecule has 2 N–H and O–H groups in total. The molecule has 9 heteroatoms. The summed E-state index contributed by atoms with van der Waals surface area (Å²) in [7, 11) is 2.01. The molecule has 1 saturated heterocycles. The van der Waals surface area contributed by atoms with Gasteiger partial charge in [-0.3, -0.25) is 0 Å². The van der Waals surface area contributed by atoms with E-state index in [2.05, 4.69) is 36.7 Å². The largest absolute Gasteiger partial charge is 0.444 e. The standard InChI is InChI=1S/C26H33N7O2/c1-25(2,3)35-24(34)33-14-11-26(9-6-5-7-10-26)17(15-33)20-18(22-28-12-8-13-29-22)19-21(27)30-16-31-23(19)32(20)4/h5-6,8,12-13,16-17H,7,9-11,14-15H2,1-4H3,(H2,27,30,31). The van der Waals surface area contributed by atoms with Gasteiger partial charge in [0, 0.05) is 44.1 Å². The summed E-state index contributed by atoms with van der Waals surface area (Å²) in [5.41, 5.74) is 8.49. The fourth-order valence-electron chi connectivity index (χ4n) is 5.71. The average Bonchev–Trinajstić information content (AvgIpc) is 3.13. The van der Waals surface area contributed by atoms with Crippen molar-refractivity contribution in [3.63, 3.8) is 0 Å². The van der Waals surface area contributed by atoms with Crippen LogP contribution >= 0.6 is 0 Å². The van der Waals surface area contributed by atoms with Gasteiger partial charge in [0.15, 0.2) is 5.82 Å². The smallest absolute Gasteiger partial charge is 0.410 e. The molecule has 0 aromatic carbocycles. The minimum absolute atomic E-state index is 0.00111. The highest BCUT2D eigenvalue weighted by atomic mass is 16.6. The Kier molecular flexibility index (Phi) is 5.73. The maximum Gasteiger partial charge on any atom is 0.410 e. The van der Waals surface area contributed by atoms with Crippen LogP contribution in [0.3, 0.4) is 0 Å². The average molecular weight is 476 g/mol. The Morgan fingerprint density at radius 1 is 1.14 bits per heavy atom. The van der Waals surface area contributed by atoms with E-state index in [4.69, 9.17) is 10.5 Å². The number of nitrogen functional groups attached to an aromatic ring is 1. The topological polar surface area (TPSA) is 112 Å². The van der Waals surface area contributed by atoms with Gasteiger partial charge in [-0.2, -0.15) is 0 Å². The number of hydrogen-bond acceptors (Lipinski definition) is 7. The molecular weight excluding hydrogens is 442 g/mol. The number of amides is 1. The van der Waals surface area contributed by atoms with Crippen molar-refractivity contribution in [3.8, 4) is 11.4 Å². The quantitative estimate of drug-likeness (QED) is 0.545. The van der Waals surface area contributed by atoms with Crippen molar-refractivity contribution in [2.24, 2.45) is 12.5 Å². The molecule has 35 heavy (non-hydrogen) atoms. The molecule has 2 aliphatic rings. The van der Waals surface area contributed by atoms with Crippen LogP contribution in [0.4, 0.5) is 10.6 Å². The molecule has 0 bridgehead atoms. The third-order valence-electron chi connectivity index (χ3n) is 7.33. The number of allylic oxidation sites excluding steroid dienone is 2. The predicted molar refractivity (Wildman–Crippen MR) is 135 cm³/mol. The highest BCUT2D eigenvalue weighted by molar-refractivity contribution is 6.01. The number of nitrogens with two attached hydrogens (primary N) is 1. The van der Waals surface area contributed by atoms with Gasteiger partial charge in [-0.1, -0.05) is 12.2 Å². The van der Waals surface area contributed by atoms with Gasteiger partial charge in [0.1, 0.15) is 23.4 Å². The molecule has 1 amide bonds. The van der Waals surface area contributed by atoms with E-state index in [1.54, 1.807) is 18.5 Å². The Bertz CT molecular complexity index is 1280. The number of ether oxygens (including phenoxy) is 1. The summed E-state index contributed by atoms with van der Waals surface area (Å²) in [5, 5.41) is 0.757. The second kappa shape index (κ2) is 8.62. The van der Waals surface area contributed by atoms with Crippen LogP contribution in [0.1, 0.15) is 58.1 Å². The molecular formula is C26H33N7O2. The Morgan fingerprint density at radius 3 is 2.60 bits per heavy atom. The van der Waals surface area contributed by atoms with Gasteiger partial charge < -0.3 is 19.9 Å². The Hall–Kier alpha value is -3.49. The highest BCUT2D eigenvalue weighted by Crippen LogP contribution is 2.54. The molecule has 4 heterocycles. The molecule has 1 spiro atoms. The van der Waals surface area contributed by atoms with Gasteiger partial charge in [-0.25, -0.2) is 24.7 Å². The molecule has 3 aromatic rings. The lowest BCUT2D eigenvalue weighted by molar-refractivity contribution is 0.00134. The zero-order valence-electron chi connectivity index (χ0n) is 20.9. The number of aromatic nitrogens is 5. The van der Waals surface area contributed by atoms with Gasteiger partial charge in [-0.15, -0.1) is 0 Å². The number of aryl methyl sites for hydroxylation is 1. The first kappa shape index (κ1) is 23.3. The van der Waals surface area contributed by atoms with E-state index in [0.29, 0.717) is 24.7 Å². The first-order chi connectivity index (χ1) is 16.7. The van der Waals surface area contributed by atoms with Gasteiger partial charge in [0.05, 0.1) is 10.9 Å². The number of likely N-dealkylation sites (tertiary alicyclic amines) is 1. The van der Waals surface area contributed by atoms with Crippen molar-refractivity contribution in [2.45, 2.75) is 58.0 Å². The van der Waals surface area contributed by atoms with Crippen LogP contribution in [0, 0.1) is 5.41 Å². The Morgan fingerprint density at radius 2 is 1.91 bits per heavy atom. The van der Waals surface area contributed by atoms with Crippen molar-refractivity contribution < 1.29 is 9.53 Å². The lowest BCUT2D eigenvalue weighted by Gasteiger charge is -2.49. The third kappa shape index (κ3) is 4.13. The molecule has 1 aliphatic carbocycles. The van der Waals surface area contributed by atoms with Crippen LogP contribution in [0.25, 0.3) is 22.4 Å². The monoisotopic (exact) mass is 475 g/mol. The summed E-state index contributed by atoms with van der Waals surface area (Å²) >= 11 is 0. The van der Waals surface area contributed by atoms with E-state index < -0.39 is 5.60 Å². The van der Waals surface area contributed by atoms with E-state index in [1.807, 2.05) is 32.7 Å². The van der Waals surface area contributed by atoms with E-state index in [9.17, 15) is 4.79 Å². The lowest BCUT2D eigenvalue weighted by Crippen LogP contribution is -2.50. The second-order valence-corrected chi connectivity index (χ2v) is 10.7. The zero-order chi connectivity index (χ0) is 24.8. The number of carbonyl (C=O) groups excluding carboxylic acids is 1. The van der Waals surface area contributed by atoms with Crippen molar-refractivity contribution in [1.29, 1.82) is 0 Å². The third-order valence-corrected chi connectivity index (χ3v) is 7.33. The van der Waals surface area contributed by atoms with Gasteiger partial charge in [0.2, 0.25) is 0 Å². The van der Waals surface area contributed by atoms with Crippen molar-refractivity contribution in [1.82, 2.24) is 29.4 Å². The molecule has 184 valence electrons. The predicted octanol–water partition coefficient (Wildman–Crippen LogP) is 4.46. The summed E-state index contributed by atoms with van der Waals surface area (Å²) < 4.78 is 7.86. The van der Waals surface area contributed by atoms with Crippen LogP contribution in [0.5, 0.6) is 0 Å². The maximum absolute atomic E-state index is 13.1. The number of nitrogens with zero attached hydrogens (tertiary/aromatic N) is 6. The summed E-state index contributed by atoms with van der Waals surface area (Å²) in [4.78, 5) is 33.0. The molecule has 3 aromatic heterocycles. The number of hydrogen-bond donors (Lipinski definition) is 1. The van der Waals surface area contributed by atoms with Gasteiger partial charge >= 0.3 is 6.09 Å².